The van der Waals surface area contributed by atoms with E-state index in [-0.39, 0.29) is 0 Å². The number of hydrogen-bond donors (Lipinski definition) is 0. The van der Waals surface area contributed by atoms with Gasteiger partial charge in [-0.1, -0.05) is 367 Å². The summed E-state index contributed by atoms with van der Waals surface area (Å²) in [6.07, 6.45) is 28.2. The van der Waals surface area contributed by atoms with Crippen LogP contribution in [-0.2, 0) is 0 Å². The van der Waals surface area contributed by atoms with Gasteiger partial charge >= 0.3 is 0 Å². The molecule has 0 saturated carbocycles. The van der Waals surface area contributed by atoms with Gasteiger partial charge in [-0.15, -0.1) is 0 Å². The molecule has 784 valence electrons. The van der Waals surface area contributed by atoms with E-state index in [1.807, 2.05) is 546 Å². The molecule has 7 aromatic carbocycles. The molecule has 0 bridgehead atoms. The number of pyridine rings is 7. The Morgan fingerprint density at radius 2 is 0.312 bits per heavy atom. The standard InChI is InChI=1S/C13H13N.3C12H12N2.4C11H11N3.16C2H6/c1-14(12-8-4-2-5-9-12)13-10-6-3-7-11-13;1-14(11-7-3-2-4-8-11)12-9-5-6-10-13-12;1-14(11-6-3-2-4-7-11)12-8-5-9-13-10-12;1-14(11-5-3-2-4-6-11)12-7-9-13-10-8-12;1-14(10-4-2-6-12-8-10)11-5-3-7-13-9-11;1-14(10-6-2-4-8-12-10)11-7-3-5-9-13-11;1-14(10-5-3-2-4-6-10)11-9-12-7-8-13-11;1-14(10-5-3-2-4-6-10)11-7-8-12-9-13-11;16*1-2/h2-11H,1H3;3*2-10H,1H3;4*2-9H,1H3;16*1-2H3. The van der Waals surface area contributed by atoms with Crippen molar-refractivity contribution in [3.63, 3.8) is 0 Å². The molecule has 0 spiro atoms. The number of hydrogen-bond acceptors (Lipinski definition) is 19. The third-order valence-corrected chi connectivity index (χ3v) is 16.9. The summed E-state index contributed by atoms with van der Waals surface area (Å²) < 4.78 is 0. The van der Waals surface area contributed by atoms with E-state index in [2.05, 4.69) is 166 Å². The van der Waals surface area contributed by atoms with Gasteiger partial charge in [0.2, 0.25) is 0 Å². The van der Waals surface area contributed by atoms with Gasteiger partial charge in [0.05, 0.1) is 41.8 Å². The Hall–Kier alpha value is -14.9. The molecule has 16 aromatic rings. The first kappa shape index (κ1) is 145. The summed E-state index contributed by atoms with van der Waals surface area (Å²) in [7, 11) is 16.1. The van der Waals surface area contributed by atoms with Gasteiger partial charge in [-0.05, 0) is 176 Å². The van der Waals surface area contributed by atoms with E-state index in [0.29, 0.717) is 0 Å². The number of para-hydroxylation sites is 7. The van der Waals surface area contributed by atoms with Crippen molar-refractivity contribution in [3.05, 3.63) is 421 Å². The van der Waals surface area contributed by atoms with Gasteiger partial charge in [0.15, 0.2) is 5.82 Å². The van der Waals surface area contributed by atoms with Crippen molar-refractivity contribution >= 4 is 91.7 Å². The molecule has 0 aliphatic carbocycles. The normalized spacial score (nSPS) is 8.28. The predicted octanol–water partition coefficient (Wildman–Crippen LogP) is 37.4. The van der Waals surface area contributed by atoms with Crippen molar-refractivity contribution in [1.29, 1.82) is 0 Å². The Balaban J connectivity index is -0.000000235. The Morgan fingerprint density at radius 3 is 0.535 bits per heavy atom. The summed E-state index contributed by atoms with van der Waals surface area (Å²) in [4.78, 5) is 61.7. The average molecular weight is 1960 g/mol. The van der Waals surface area contributed by atoms with Crippen LogP contribution in [0.25, 0.3) is 0 Å². The van der Waals surface area contributed by atoms with E-state index in [0.717, 1.165) is 68.9 Å². The van der Waals surface area contributed by atoms with E-state index in [1.165, 1.54) is 22.7 Å². The number of benzene rings is 7. The second-order valence-electron chi connectivity index (χ2n) is 24.4. The van der Waals surface area contributed by atoms with Crippen LogP contribution in [0.15, 0.2) is 421 Å². The molecule has 19 heteroatoms. The van der Waals surface area contributed by atoms with Crippen molar-refractivity contribution in [2.24, 2.45) is 0 Å². The van der Waals surface area contributed by atoms with Gasteiger partial charge in [0, 0.05) is 170 Å². The van der Waals surface area contributed by atoms with Gasteiger partial charge in [-0.25, -0.2) is 29.9 Å². The van der Waals surface area contributed by atoms with Gasteiger partial charge in [0.1, 0.15) is 29.6 Å². The average Bonchev–Trinajstić information content (AvgIpc) is 0.911. The summed E-state index contributed by atoms with van der Waals surface area (Å²) in [5, 5.41) is 0. The van der Waals surface area contributed by atoms with Crippen LogP contribution in [0.4, 0.5) is 91.7 Å². The molecule has 16 rings (SSSR count). The first-order valence-corrected chi connectivity index (χ1v) is 52.1. The summed E-state index contributed by atoms with van der Waals surface area (Å²) in [5.41, 5.74) is 12.5. The van der Waals surface area contributed by atoms with Crippen molar-refractivity contribution in [2.75, 3.05) is 95.6 Å². The van der Waals surface area contributed by atoms with Crippen molar-refractivity contribution in [3.8, 4) is 0 Å². The quantitative estimate of drug-likeness (QED) is 0.0895. The molecule has 0 N–H and O–H groups in total. The van der Waals surface area contributed by atoms with Crippen LogP contribution in [0.1, 0.15) is 222 Å². The fourth-order valence-electron chi connectivity index (χ4n) is 10.5. The molecule has 0 saturated heterocycles. The number of anilines is 16. The van der Waals surface area contributed by atoms with Crippen LogP contribution in [0, 0.1) is 0 Å². The fourth-order valence-corrected chi connectivity index (χ4v) is 10.5. The van der Waals surface area contributed by atoms with E-state index in [9.17, 15) is 0 Å². The molecule has 0 amide bonds. The molecule has 0 aliphatic heterocycles. The molecule has 0 radical (unpaired) electrons. The van der Waals surface area contributed by atoms with Crippen molar-refractivity contribution < 1.29 is 0 Å². The third-order valence-electron chi connectivity index (χ3n) is 16.9. The summed E-state index contributed by atoms with van der Waals surface area (Å²) in [5.74, 6) is 4.49. The molecule has 19 nitrogen and oxygen atoms in total. The summed E-state index contributed by atoms with van der Waals surface area (Å²) in [6.45, 7) is 64.0. The SMILES string of the molecule is CC.CC.CC.CC.CC.CC.CC.CC.CC.CC.CC.CC.CC.CC.CC.CC.CN(c1ccccc1)c1ccccc1.CN(c1ccccc1)c1ccccn1.CN(c1ccccc1)c1cccnc1.CN(c1ccccc1)c1ccncc1.CN(c1ccccc1)c1ccncn1.CN(c1ccccc1)c1cnccn1.CN(c1ccccn1)c1ccccn1.CN(c1cccnc1)c1cccnc1. The smallest absolute Gasteiger partial charge is 0.151 e. The molecule has 0 atom stereocenters. The monoisotopic (exact) mass is 1960 g/mol. The van der Waals surface area contributed by atoms with Gasteiger partial charge in [-0.2, -0.15) is 0 Å². The zero-order chi connectivity index (χ0) is 110. The van der Waals surface area contributed by atoms with Crippen LogP contribution in [0.5, 0.6) is 0 Å². The third kappa shape index (κ3) is 64.5. The maximum Gasteiger partial charge on any atom is 0.151 e. The Kier molecular flexibility index (Phi) is 111. The molecular formula is C125H189N19. The largest absolute Gasteiger partial charge is 0.345 e. The molecule has 9 heterocycles. The lowest BCUT2D eigenvalue weighted by atomic mass is 10.2. The van der Waals surface area contributed by atoms with Crippen LogP contribution in [-0.4, -0.2) is 111 Å². The Bertz CT molecular complexity index is 3740. The van der Waals surface area contributed by atoms with E-state index in [1.54, 1.807) is 80.7 Å². The van der Waals surface area contributed by atoms with Crippen molar-refractivity contribution in [2.45, 2.75) is 222 Å². The second kappa shape index (κ2) is 110. The minimum atomic E-state index is 0.846. The molecular weight excluding hydrogens is 1770 g/mol. The van der Waals surface area contributed by atoms with Gasteiger partial charge in [-0.3, -0.25) is 24.9 Å². The zero-order valence-electron chi connectivity index (χ0n) is 96.3. The van der Waals surface area contributed by atoms with Crippen LogP contribution < -0.4 is 39.2 Å². The maximum absolute atomic E-state index is 4.28. The lowest BCUT2D eigenvalue weighted by Crippen LogP contribution is -2.11. The highest BCUT2D eigenvalue weighted by Crippen LogP contribution is 2.28. The lowest BCUT2D eigenvalue weighted by molar-refractivity contribution is 1.08. The highest BCUT2D eigenvalue weighted by Gasteiger charge is 2.09. The minimum absolute atomic E-state index is 0.846. The van der Waals surface area contributed by atoms with Gasteiger partial charge in [0.25, 0.3) is 0 Å². The number of aromatic nitrogens is 11. The highest BCUT2D eigenvalue weighted by molar-refractivity contribution is 5.66. The van der Waals surface area contributed by atoms with Crippen LogP contribution in [0.2, 0.25) is 0 Å². The first-order valence-electron chi connectivity index (χ1n) is 52.1. The van der Waals surface area contributed by atoms with E-state index in [4.69, 9.17) is 0 Å². The summed E-state index contributed by atoms with van der Waals surface area (Å²) >= 11 is 0. The molecule has 9 aromatic heterocycles. The van der Waals surface area contributed by atoms with Crippen molar-refractivity contribution in [1.82, 2.24) is 54.8 Å². The Labute approximate surface area is 879 Å². The highest BCUT2D eigenvalue weighted by atomic mass is 15.2. The molecule has 144 heavy (non-hydrogen) atoms. The van der Waals surface area contributed by atoms with Crippen LogP contribution in [0.3, 0.4) is 0 Å². The van der Waals surface area contributed by atoms with E-state index < -0.39 is 0 Å². The number of rotatable bonds is 16. The molecule has 0 aliphatic rings. The minimum Gasteiger partial charge on any atom is -0.345 e. The van der Waals surface area contributed by atoms with Gasteiger partial charge < -0.3 is 39.2 Å². The second-order valence-corrected chi connectivity index (χ2v) is 24.4. The maximum atomic E-state index is 4.28. The fraction of sp³-hybridized carbons (Fsp3) is 0.320. The predicted molar refractivity (Wildman–Crippen MR) is 645 cm³/mol. The zero-order valence-corrected chi connectivity index (χ0v) is 96.3. The summed E-state index contributed by atoms with van der Waals surface area (Å²) in [6, 6.07) is 107. The first-order chi connectivity index (χ1) is 71.0. The lowest BCUT2D eigenvalue weighted by Gasteiger charge is -2.18. The molecule has 0 fully saturated rings. The van der Waals surface area contributed by atoms with E-state index >= 15 is 0 Å². The number of nitrogens with zero attached hydrogens (tertiary/aromatic N) is 19. The molecule has 0 unspecified atom stereocenters. The topological polar surface area (TPSA) is 168 Å². The Morgan fingerprint density at radius 1 is 0.118 bits per heavy atom. The van der Waals surface area contributed by atoms with Crippen LogP contribution >= 0.6 is 0 Å².